The summed E-state index contributed by atoms with van der Waals surface area (Å²) in [5, 5.41) is 8.75. The van der Waals surface area contributed by atoms with Gasteiger partial charge in [-0.05, 0) is 53.9 Å². The summed E-state index contributed by atoms with van der Waals surface area (Å²) < 4.78 is 13.4. The van der Waals surface area contributed by atoms with Crippen LogP contribution >= 0.6 is 11.6 Å². The predicted octanol–water partition coefficient (Wildman–Crippen LogP) is 4.26. The van der Waals surface area contributed by atoms with Crippen molar-refractivity contribution in [1.82, 2.24) is 10.6 Å². The van der Waals surface area contributed by atoms with E-state index in [0.717, 1.165) is 11.1 Å². The van der Waals surface area contributed by atoms with Gasteiger partial charge in [-0.15, -0.1) is 0 Å². The molecule has 1 aliphatic rings. The Balaban J connectivity index is 1.38. The van der Waals surface area contributed by atoms with E-state index in [1.54, 1.807) is 48.5 Å². The molecule has 174 valence electrons. The van der Waals surface area contributed by atoms with E-state index in [1.807, 2.05) is 12.1 Å². The van der Waals surface area contributed by atoms with Gasteiger partial charge in [-0.3, -0.25) is 14.4 Å². The molecule has 0 aromatic heterocycles. The third-order valence-corrected chi connectivity index (χ3v) is 5.99. The SMILES string of the molecule is O=C(C[C@@H]1NC(=O)c2ccccc2NC1=O)NCC[C@@H](c1ccc(F)cc1)c1ccc(Cl)cc1. The number of para-hydroxylation sites is 1. The summed E-state index contributed by atoms with van der Waals surface area (Å²) in [7, 11) is 0. The topological polar surface area (TPSA) is 87.3 Å². The highest BCUT2D eigenvalue weighted by atomic mass is 35.5. The van der Waals surface area contributed by atoms with Crippen molar-refractivity contribution >= 4 is 35.0 Å². The Bertz CT molecular complexity index is 1150. The zero-order valence-corrected chi connectivity index (χ0v) is 18.9. The van der Waals surface area contributed by atoms with E-state index < -0.39 is 17.9 Å². The number of hydrogen-bond acceptors (Lipinski definition) is 3. The van der Waals surface area contributed by atoms with Crippen molar-refractivity contribution in [3.63, 3.8) is 0 Å². The lowest BCUT2D eigenvalue weighted by atomic mass is 9.88. The zero-order chi connectivity index (χ0) is 24.1. The molecule has 0 saturated carbocycles. The average molecular weight is 480 g/mol. The van der Waals surface area contributed by atoms with Crippen molar-refractivity contribution in [3.8, 4) is 0 Å². The molecule has 6 nitrogen and oxygen atoms in total. The summed E-state index contributed by atoms with van der Waals surface area (Å²) >= 11 is 6.02. The normalized spacial score (nSPS) is 16.0. The quantitative estimate of drug-likeness (QED) is 0.473. The summed E-state index contributed by atoms with van der Waals surface area (Å²) in [6.45, 7) is 0.325. The summed E-state index contributed by atoms with van der Waals surface area (Å²) in [6.07, 6.45) is 0.362. The molecule has 8 heteroatoms. The van der Waals surface area contributed by atoms with Crippen LogP contribution in [0.15, 0.2) is 72.8 Å². The zero-order valence-electron chi connectivity index (χ0n) is 18.2. The number of amides is 3. The first-order chi connectivity index (χ1) is 16.4. The fourth-order valence-electron chi connectivity index (χ4n) is 3.98. The number of nitrogens with one attached hydrogen (secondary N) is 3. The van der Waals surface area contributed by atoms with Crippen LogP contribution in [0.2, 0.25) is 5.02 Å². The third-order valence-electron chi connectivity index (χ3n) is 5.74. The molecule has 0 radical (unpaired) electrons. The van der Waals surface area contributed by atoms with Crippen LogP contribution in [0.5, 0.6) is 0 Å². The van der Waals surface area contributed by atoms with Gasteiger partial charge in [-0.1, -0.05) is 48.0 Å². The lowest BCUT2D eigenvalue weighted by Gasteiger charge is -2.19. The van der Waals surface area contributed by atoms with E-state index in [9.17, 15) is 18.8 Å². The maximum atomic E-state index is 13.4. The fraction of sp³-hybridized carbons (Fsp3) is 0.192. The monoisotopic (exact) mass is 479 g/mol. The molecule has 0 aliphatic carbocycles. The van der Waals surface area contributed by atoms with E-state index >= 15 is 0 Å². The minimum Gasteiger partial charge on any atom is -0.356 e. The Morgan fingerprint density at radius 3 is 2.32 bits per heavy atom. The van der Waals surface area contributed by atoms with Crippen molar-refractivity contribution in [1.29, 1.82) is 0 Å². The predicted molar refractivity (Wildman–Crippen MR) is 128 cm³/mol. The highest BCUT2D eigenvalue weighted by Gasteiger charge is 2.29. The van der Waals surface area contributed by atoms with Gasteiger partial charge in [0.1, 0.15) is 11.9 Å². The number of fused-ring (bicyclic) bond motifs is 1. The van der Waals surface area contributed by atoms with Crippen LogP contribution in [-0.4, -0.2) is 30.3 Å². The highest BCUT2D eigenvalue weighted by Crippen LogP contribution is 2.29. The molecular formula is C26H23ClFN3O3. The van der Waals surface area contributed by atoms with Crippen molar-refractivity contribution in [3.05, 3.63) is 100 Å². The molecular weight excluding hydrogens is 457 g/mol. The highest BCUT2D eigenvalue weighted by molar-refractivity contribution is 6.30. The molecule has 0 saturated heterocycles. The maximum absolute atomic E-state index is 13.4. The van der Waals surface area contributed by atoms with Crippen LogP contribution in [0, 0.1) is 5.82 Å². The Morgan fingerprint density at radius 2 is 1.62 bits per heavy atom. The maximum Gasteiger partial charge on any atom is 0.254 e. The van der Waals surface area contributed by atoms with Crippen molar-refractivity contribution < 1.29 is 18.8 Å². The van der Waals surface area contributed by atoms with Crippen molar-refractivity contribution in [2.45, 2.75) is 24.8 Å². The molecule has 0 unspecified atom stereocenters. The van der Waals surface area contributed by atoms with Gasteiger partial charge in [0.15, 0.2) is 0 Å². The lowest BCUT2D eigenvalue weighted by molar-refractivity contribution is -0.125. The van der Waals surface area contributed by atoms with Gasteiger partial charge in [0.05, 0.1) is 17.7 Å². The third kappa shape index (κ3) is 5.61. The largest absolute Gasteiger partial charge is 0.356 e. The van der Waals surface area contributed by atoms with Crippen LogP contribution < -0.4 is 16.0 Å². The second-order valence-electron chi connectivity index (χ2n) is 8.06. The number of anilines is 1. The second-order valence-corrected chi connectivity index (χ2v) is 8.50. The van der Waals surface area contributed by atoms with Gasteiger partial charge in [0.25, 0.3) is 5.91 Å². The molecule has 1 aliphatic heterocycles. The molecule has 0 fully saturated rings. The summed E-state index contributed by atoms with van der Waals surface area (Å²) in [4.78, 5) is 37.5. The molecule has 2 atom stereocenters. The average Bonchev–Trinajstić information content (AvgIpc) is 2.94. The number of carbonyl (C=O) groups excluding carboxylic acids is 3. The first-order valence-electron chi connectivity index (χ1n) is 10.9. The number of carbonyl (C=O) groups is 3. The van der Waals surface area contributed by atoms with Crippen LogP contribution in [-0.2, 0) is 9.59 Å². The van der Waals surface area contributed by atoms with E-state index in [0.29, 0.717) is 29.2 Å². The summed E-state index contributed by atoms with van der Waals surface area (Å²) in [6, 6.07) is 19.3. The molecule has 4 rings (SSSR count). The van der Waals surface area contributed by atoms with Crippen LogP contribution in [0.4, 0.5) is 10.1 Å². The Morgan fingerprint density at radius 1 is 0.971 bits per heavy atom. The van der Waals surface area contributed by atoms with Gasteiger partial charge >= 0.3 is 0 Å². The van der Waals surface area contributed by atoms with Gasteiger partial charge in [-0.2, -0.15) is 0 Å². The molecule has 3 N–H and O–H groups in total. The van der Waals surface area contributed by atoms with Crippen LogP contribution in [0.25, 0.3) is 0 Å². The Labute approximate surface area is 201 Å². The second kappa shape index (κ2) is 10.5. The van der Waals surface area contributed by atoms with Gasteiger partial charge < -0.3 is 16.0 Å². The molecule has 3 aromatic rings. The van der Waals surface area contributed by atoms with Crippen molar-refractivity contribution in [2.75, 3.05) is 11.9 Å². The Kier molecular flexibility index (Phi) is 7.23. The first-order valence-corrected chi connectivity index (χ1v) is 11.3. The van der Waals surface area contributed by atoms with Crippen LogP contribution in [0.1, 0.15) is 40.2 Å². The molecule has 34 heavy (non-hydrogen) atoms. The smallest absolute Gasteiger partial charge is 0.254 e. The Hall–Kier alpha value is -3.71. The van der Waals surface area contributed by atoms with Gasteiger partial charge in [-0.25, -0.2) is 4.39 Å². The first kappa shape index (κ1) is 23.4. The molecule has 3 amide bonds. The summed E-state index contributed by atoms with van der Waals surface area (Å²) in [5.74, 6) is -1.63. The molecule has 0 bridgehead atoms. The van der Waals surface area contributed by atoms with Gasteiger partial charge in [0.2, 0.25) is 11.8 Å². The summed E-state index contributed by atoms with van der Waals surface area (Å²) in [5.41, 5.74) is 2.66. The van der Waals surface area contributed by atoms with E-state index in [1.165, 1.54) is 12.1 Å². The van der Waals surface area contributed by atoms with Gasteiger partial charge in [0, 0.05) is 17.5 Å². The standard InChI is InChI=1S/C26H23ClFN3O3/c27-18-9-5-16(6-10-18)20(17-7-11-19(28)12-8-17)13-14-29-24(32)15-23-26(34)30-22-4-2-1-3-21(22)25(33)31-23/h1-12,20,23H,13-15H2,(H,29,32)(H,30,34)(H,31,33)/t20-,23+/m1/s1. The number of benzene rings is 3. The molecule has 1 heterocycles. The van der Waals surface area contributed by atoms with E-state index in [4.69, 9.17) is 11.6 Å². The van der Waals surface area contributed by atoms with Crippen molar-refractivity contribution in [2.24, 2.45) is 0 Å². The lowest BCUT2D eigenvalue weighted by Crippen LogP contribution is -2.44. The number of hydrogen-bond donors (Lipinski definition) is 3. The number of rotatable bonds is 7. The van der Waals surface area contributed by atoms with Crippen LogP contribution in [0.3, 0.4) is 0 Å². The molecule has 0 spiro atoms. The fourth-order valence-corrected chi connectivity index (χ4v) is 4.11. The minimum absolute atomic E-state index is 0.0893. The molecule has 3 aromatic carbocycles. The van der Waals surface area contributed by atoms with E-state index in [-0.39, 0.29) is 24.1 Å². The number of halogens is 2. The van der Waals surface area contributed by atoms with E-state index in [2.05, 4.69) is 16.0 Å². The minimum atomic E-state index is -0.982.